The molecular formula is C22H17F3O7. The van der Waals surface area contributed by atoms with Crippen molar-refractivity contribution in [3.63, 3.8) is 0 Å². The van der Waals surface area contributed by atoms with Crippen molar-refractivity contribution in [2.24, 2.45) is 0 Å². The molecule has 3 aromatic rings. The number of benzene rings is 2. The van der Waals surface area contributed by atoms with Crippen molar-refractivity contribution in [3.05, 3.63) is 65.0 Å². The molecule has 0 saturated heterocycles. The molecule has 0 N–H and O–H groups in total. The minimum absolute atomic E-state index is 0.0704. The zero-order chi connectivity index (χ0) is 23.5. The van der Waals surface area contributed by atoms with Crippen LogP contribution in [-0.2, 0) is 10.9 Å². The molecule has 3 rings (SSSR count). The third-order valence-corrected chi connectivity index (χ3v) is 4.31. The highest BCUT2D eigenvalue weighted by molar-refractivity contribution is 5.85. The lowest BCUT2D eigenvalue weighted by Gasteiger charge is -2.14. The molecule has 7 nitrogen and oxygen atoms in total. The molecule has 10 heteroatoms. The molecule has 0 radical (unpaired) electrons. The molecule has 2 aromatic carbocycles. The molecule has 168 valence electrons. The number of carbonyl (C=O) groups is 1. The summed E-state index contributed by atoms with van der Waals surface area (Å²) in [7, 11) is 2.69. The average Bonchev–Trinajstić information content (AvgIpc) is 2.76. The largest absolute Gasteiger partial charge is 0.514 e. The van der Waals surface area contributed by atoms with Gasteiger partial charge in [0.15, 0.2) is 11.5 Å². The first-order valence-corrected chi connectivity index (χ1v) is 9.05. The second-order valence-electron chi connectivity index (χ2n) is 6.31. The van der Waals surface area contributed by atoms with Gasteiger partial charge < -0.3 is 23.4 Å². The van der Waals surface area contributed by atoms with Gasteiger partial charge in [-0.15, -0.1) is 0 Å². The summed E-state index contributed by atoms with van der Waals surface area (Å²) in [6, 6.07) is 7.35. The van der Waals surface area contributed by atoms with Gasteiger partial charge in [0, 0.05) is 6.07 Å². The van der Waals surface area contributed by atoms with Crippen LogP contribution >= 0.6 is 0 Å². The van der Waals surface area contributed by atoms with E-state index in [9.17, 15) is 22.8 Å². The third-order valence-electron chi connectivity index (χ3n) is 4.31. The smallest absolute Gasteiger partial charge is 0.493 e. The van der Waals surface area contributed by atoms with E-state index in [1.807, 2.05) is 0 Å². The fourth-order valence-corrected chi connectivity index (χ4v) is 2.94. The summed E-state index contributed by atoms with van der Waals surface area (Å²) < 4.78 is 66.3. The molecule has 0 bridgehead atoms. The fourth-order valence-electron chi connectivity index (χ4n) is 2.94. The number of hydrogen-bond acceptors (Lipinski definition) is 7. The Morgan fingerprint density at radius 1 is 1.09 bits per heavy atom. The third kappa shape index (κ3) is 4.53. The van der Waals surface area contributed by atoms with E-state index in [1.165, 1.54) is 50.6 Å². The van der Waals surface area contributed by atoms with Crippen molar-refractivity contribution in [2.45, 2.75) is 6.18 Å². The van der Waals surface area contributed by atoms with Crippen LogP contribution in [0.1, 0.15) is 5.76 Å². The van der Waals surface area contributed by atoms with Crippen molar-refractivity contribution in [3.8, 4) is 28.4 Å². The summed E-state index contributed by atoms with van der Waals surface area (Å²) in [4.78, 5) is 24.6. The number of rotatable bonds is 6. The van der Waals surface area contributed by atoms with Gasteiger partial charge in [-0.25, -0.2) is 4.79 Å². The number of ether oxygens (including phenoxy) is 4. The molecule has 1 heterocycles. The number of methoxy groups -OCH3 is 2. The first-order valence-electron chi connectivity index (χ1n) is 9.05. The van der Waals surface area contributed by atoms with Gasteiger partial charge >= 0.3 is 12.3 Å². The van der Waals surface area contributed by atoms with Gasteiger partial charge in [-0.3, -0.25) is 4.79 Å². The van der Waals surface area contributed by atoms with E-state index >= 15 is 0 Å². The van der Waals surface area contributed by atoms with Crippen LogP contribution < -0.4 is 19.6 Å². The van der Waals surface area contributed by atoms with E-state index in [-0.39, 0.29) is 34.8 Å². The molecule has 0 unspecified atom stereocenters. The van der Waals surface area contributed by atoms with Crippen LogP contribution in [0.15, 0.2) is 58.3 Å². The lowest BCUT2D eigenvalue weighted by molar-refractivity contribution is -0.152. The van der Waals surface area contributed by atoms with Gasteiger partial charge in [0.1, 0.15) is 17.9 Å². The fraction of sp³-hybridized carbons (Fsp3) is 0.182. The molecule has 32 heavy (non-hydrogen) atoms. The molecule has 1 aromatic heterocycles. The second-order valence-corrected chi connectivity index (χ2v) is 6.31. The van der Waals surface area contributed by atoms with Gasteiger partial charge in [0.2, 0.25) is 11.2 Å². The Morgan fingerprint density at radius 3 is 2.44 bits per heavy atom. The quantitative estimate of drug-likeness (QED) is 0.290. The SMILES string of the molecule is C=CCOC(=O)Oc1ccc2c(=O)c(-c3ccc(OC)c(OC)c3)c(C(F)(F)F)oc2c1. The predicted molar refractivity (Wildman–Crippen MR) is 108 cm³/mol. The van der Waals surface area contributed by atoms with Crippen LogP contribution in [-0.4, -0.2) is 27.0 Å². The van der Waals surface area contributed by atoms with Crippen LogP contribution in [0, 0.1) is 0 Å². The number of fused-ring (bicyclic) bond motifs is 1. The summed E-state index contributed by atoms with van der Waals surface area (Å²) in [6.07, 6.45) is -4.77. The Morgan fingerprint density at radius 2 is 1.81 bits per heavy atom. The summed E-state index contributed by atoms with van der Waals surface area (Å²) in [5.74, 6) is -1.25. The maximum atomic E-state index is 13.8. The Kier molecular flexibility index (Phi) is 6.42. The van der Waals surface area contributed by atoms with E-state index in [2.05, 4.69) is 11.3 Å². The molecule has 0 saturated carbocycles. The maximum absolute atomic E-state index is 13.8. The van der Waals surface area contributed by atoms with Crippen LogP contribution in [0.5, 0.6) is 17.2 Å². The van der Waals surface area contributed by atoms with Crippen molar-refractivity contribution in [1.82, 2.24) is 0 Å². The Balaban J connectivity index is 2.18. The monoisotopic (exact) mass is 450 g/mol. The first-order chi connectivity index (χ1) is 15.2. The van der Waals surface area contributed by atoms with Crippen LogP contribution in [0.2, 0.25) is 0 Å². The summed E-state index contributed by atoms with van der Waals surface area (Å²) in [5.41, 5.74) is -2.10. The van der Waals surface area contributed by atoms with Crippen LogP contribution in [0.25, 0.3) is 22.1 Å². The molecule has 0 amide bonds. The van der Waals surface area contributed by atoms with E-state index in [0.29, 0.717) is 0 Å². The number of hydrogen-bond donors (Lipinski definition) is 0. The van der Waals surface area contributed by atoms with E-state index < -0.39 is 34.7 Å². The molecule has 0 aliphatic heterocycles. The highest BCUT2D eigenvalue weighted by Gasteiger charge is 2.39. The minimum Gasteiger partial charge on any atom is -0.493 e. The van der Waals surface area contributed by atoms with Crippen molar-refractivity contribution in [1.29, 1.82) is 0 Å². The van der Waals surface area contributed by atoms with Crippen molar-refractivity contribution < 1.29 is 41.3 Å². The van der Waals surface area contributed by atoms with E-state index in [0.717, 1.165) is 6.07 Å². The molecule has 0 atom stereocenters. The van der Waals surface area contributed by atoms with Gasteiger partial charge in [0.25, 0.3) is 0 Å². The van der Waals surface area contributed by atoms with Crippen LogP contribution in [0.3, 0.4) is 0 Å². The van der Waals surface area contributed by atoms with Crippen molar-refractivity contribution in [2.75, 3.05) is 20.8 Å². The van der Waals surface area contributed by atoms with Gasteiger partial charge in [-0.1, -0.05) is 18.7 Å². The lowest BCUT2D eigenvalue weighted by atomic mass is 10.0. The van der Waals surface area contributed by atoms with Gasteiger partial charge in [0.05, 0.1) is 25.2 Å². The zero-order valence-electron chi connectivity index (χ0n) is 16.9. The number of alkyl halides is 3. The van der Waals surface area contributed by atoms with Gasteiger partial charge in [-0.05, 0) is 29.8 Å². The normalized spacial score (nSPS) is 11.2. The number of carbonyl (C=O) groups excluding carboxylic acids is 1. The minimum atomic E-state index is -4.99. The summed E-state index contributed by atoms with van der Waals surface area (Å²) in [5, 5.41) is -0.144. The maximum Gasteiger partial charge on any atom is 0.514 e. The van der Waals surface area contributed by atoms with E-state index in [1.54, 1.807) is 0 Å². The van der Waals surface area contributed by atoms with Crippen LogP contribution in [0.4, 0.5) is 18.0 Å². The predicted octanol–water partition coefficient (Wildman–Crippen LogP) is 5.20. The highest BCUT2D eigenvalue weighted by atomic mass is 19.4. The van der Waals surface area contributed by atoms with Crippen molar-refractivity contribution >= 4 is 17.1 Å². The lowest BCUT2D eigenvalue weighted by Crippen LogP contribution is -2.16. The molecule has 0 fully saturated rings. The molecule has 0 spiro atoms. The van der Waals surface area contributed by atoms with Gasteiger partial charge in [-0.2, -0.15) is 13.2 Å². The highest BCUT2D eigenvalue weighted by Crippen LogP contribution is 2.40. The summed E-state index contributed by atoms with van der Waals surface area (Å²) in [6.45, 7) is 3.26. The molecule has 0 aliphatic rings. The second kappa shape index (κ2) is 9.04. The Labute approximate surface area is 179 Å². The average molecular weight is 450 g/mol. The topological polar surface area (TPSA) is 84.2 Å². The molecule has 0 aliphatic carbocycles. The number of halogens is 3. The summed E-state index contributed by atoms with van der Waals surface area (Å²) >= 11 is 0. The first kappa shape index (κ1) is 22.7. The standard InChI is InChI=1S/C22H17F3O7/c1-4-9-30-21(27)31-13-6-7-14-16(11-13)32-20(22(23,24)25)18(19(14)26)12-5-8-15(28-2)17(10-12)29-3/h4-8,10-11H,1,9H2,2-3H3. The Hall–Kier alpha value is -3.95. The van der Waals surface area contributed by atoms with E-state index in [4.69, 9.17) is 18.6 Å². The zero-order valence-corrected chi connectivity index (χ0v) is 16.9. The molecular weight excluding hydrogens is 433 g/mol. The Bertz CT molecular complexity index is 1230.